The minimum atomic E-state index is 0.361. The highest BCUT2D eigenvalue weighted by Crippen LogP contribution is 2.29. The molecule has 0 aromatic heterocycles. The van der Waals surface area contributed by atoms with Gasteiger partial charge in [-0.1, -0.05) is 22.0 Å². The second-order valence-electron chi connectivity index (χ2n) is 4.40. The fourth-order valence-electron chi connectivity index (χ4n) is 2.34. The van der Waals surface area contributed by atoms with Gasteiger partial charge in [-0.15, -0.1) is 0 Å². The van der Waals surface area contributed by atoms with Crippen LogP contribution < -0.4 is 10.6 Å². The van der Waals surface area contributed by atoms with Crippen molar-refractivity contribution in [2.45, 2.75) is 18.9 Å². The zero-order chi connectivity index (χ0) is 12.3. The molecule has 4 heteroatoms. The molecule has 0 bridgehead atoms. The number of halogens is 1. The minimum absolute atomic E-state index is 0.361. The summed E-state index contributed by atoms with van der Waals surface area (Å²) in [6.07, 6.45) is 2.39. The number of rotatable bonds is 4. The number of benzene rings is 1. The number of ether oxygens (including phenoxy) is 1. The van der Waals surface area contributed by atoms with E-state index in [0.717, 1.165) is 30.4 Å². The van der Waals surface area contributed by atoms with E-state index < -0.39 is 0 Å². The molecule has 1 fully saturated rings. The van der Waals surface area contributed by atoms with Crippen LogP contribution in [0.5, 0.6) is 0 Å². The predicted molar refractivity (Wildman–Crippen MR) is 74.5 cm³/mol. The first-order chi connectivity index (χ1) is 8.24. The van der Waals surface area contributed by atoms with Crippen molar-refractivity contribution in [1.82, 2.24) is 0 Å². The minimum Gasteiger partial charge on any atom is -0.380 e. The van der Waals surface area contributed by atoms with Gasteiger partial charge in [-0.25, -0.2) is 0 Å². The van der Waals surface area contributed by atoms with Crippen molar-refractivity contribution in [3.8, 4) is 0 Å². The third-order valence-corrected chi connectivity index (χ3v) is 3.77. The quantitative estimate of drug-likeness (QED) is 0.926. The number of nitrogens with two attached hydrogens (primary N) is 1. The Morgan fingerprint density at radius 1 is 1.53 bits per heavy atom. The molecule has 0 radical (unpaired) electrons. The van der Waals surface area contributed by atoms with Crippen LogP contribution >= 0.6 is 15.9 Å². The second-order valence-corrected chi connectivity index (χ2v) is 5.32. The summed E-state index contributed by atoms with van der Waals surface area (Å²) in [5, 5.41) is 0. The fourth-order valence-corrected chi connectivity index (χ4v) is 2.69. The third kappa shape index (κ3) is 3.00. The topological polar surface area (TPSA) is 38.5 Å². The van der Waals surface area contributed by atoms with Crippen molar-refractivity contribution < 1.29 is 4.74 Å². The summed E-state index contributed by atoms with van der Waals surface area (Å²) >= 11 is 3.54. The van der Waals surface area contributed by atoms with E-state index in [1.165, 1.54) is 11.3 Å². The average molecular weight is 299 g/mol. The first kappa shape index (κ1) is 12.9. The number of anilines is 1. The molecule has 1 atom stereocenters. The van der Waals surface area contributed by atoms with Gasteiger partial charge in [-0.05, 0) is 37.1 Å². The van der Waals surface area contributed by atoms with Gasteiger partial charge in [0.25, 0.3) is 0 Å². The lowest BCUT2D eigenvalue weighted by atomic mass is 10.1. The van der Waals surface area contributed by atoms with Crippen LogP contribution in [-0.4, -0.2) is 32.8 Å². The molecule has 0 spiro atoms. The summed E-state index contributed by atoms with van der Waals surface area (Å²) < 4.78 is 6.53. The maximum absolute atomic E-state index is 5.66. The molecule has 0 aliphatic carbocycles. The Morgan fingerprint density at radius 2 is 2.35 bits per heavy atom. The van der Waals surface area contributed by atoms with Crippen LogP contribution in [0.2, 0.25) is 0 Å². The molecule has 94 valence electrons. The van der Waals surface area contributed by atoms with Gasteiger partial charge in [-0.3, -0.25) is 0 Å². The van der Waals surface area contributed by atoms with Gasteiger partial charge in [0.1, 0.15) is 0 Å². The normalized spacial score (nSPS) is 19.9. The van der Waals surface area contributed by atoms with Crippen LogP contribution in [0.4, 0.5) is 5.69 Å². The molecule has 1 heterocycles. The molecule has 1 saturated heterocycles. The Bertz CT molecular complexity index is 384. The first-order valence-electron chi connectivity index (χ1n) is 6.01. The van der Waals surface area contributed by atoms with Crippen LogP contribution in [0.15, 0.2) is 22.7 Å². The maximum Gasteiger partial charge on any atom is 0.0762 e. The lowest BCUT2D eigenvalue weighted by Crippen LogP contribution is -2.23. The average Bonchev–Trinajstić information content (AvgIpc) is 2.80. The highest BCUT2D eigenvalue weighted by molar-refractivity contribution is 9.10. The maximum atomic E-state index is 5.66. The van der Waals surface area contributed by atoms with Crippen molar-refractivity contribution in [1.29, 1.82) is 0 Å². The monoisotopic (exact) mass is 298 g/mol. The van der Waals surface area contributed by atoms with E-state index in [0.29, 0.717) is 12.6 Å². The lowest BCUT2D eigenvalue weighted by molar-refractivity contribution is 0.121. The molecular weight excluding hydrogens is 280 g/mol. The van der Waals surface area contributed by atoms with Gasteiger partial charge in [0, 0.05) is 30.4 Å². The van der Waals surface area contributed by atoms with Gasteiger partial charge in [0.2, 0.25) is 0 Å². The highest BCUT2D eigenvalue weighted by Gasteiger charge is 2.23. The molecule has 2 rings (SSSR count). The summed E-state index contributed by atoms with van der Waals surface area (Å²) in [5.74, 6) is 0. The van der Waals surface area contributed by atoms with Crippen molar-refractivity contribution >= 4 is 21.6 Å². The van der Waals surface area contributed by atoms with Crippen molar-refractivity contribution in [2.24, 2.45) is 5.73 Å². The molecule has 1 aliphatic heterocycles. The van der Waals surface area contributed by atoms with Crippen LogP contribution in [-0.2, 0) is 11.2 Å². The van der Waals surface area contributed by atoms with Gasteiger partial charge >= 0.3 is 0 Å². The van der Waals surface area contributed by atoms with E-state index in [4.69, 9.17) is 10.5 Å². The van der Waals surface area contributed by atoms with Crippen molar-refractivity contribution in [3.05, 3.63) is 28.2 Å². The number of nitrogens with zero attached hydrogens (tertiary/aromatic N) is 1. The fraction of sp³-hybridized carbons (Fsp3) is 0.538. The first-order valence-corrected chi connectivity index (χ1v) is 6.80. The lowest BCUT2D eigenvalue weighted by Gasteiger charge is -2.22. The van der Waals surface area contributed by atoms with Crippen LogP contribution in [0.3, 0.4) is 0 Å². The third-order valence-electron chi connectivity index (χ3n) is 3.28. The summed E-state index contributed by atoms with van der Waals surface area (Å²) in [5.41, 5.74) is 8.29. The number of hydrogen-bond acceptors (Lipinski definition) is 3. The Hall–Kier alpha value is -0.580. The SMILES string of the molecule is COC1CCN(c2cc(Br)ccc2CCN)C1. The van der Waals surface area contributed by atoms with Gasteiger partial charge in [0.05, 0.1) is 6.10 Å². The van der Waals surface area contributed by atoms with E-state index in [9.17, 15) is 0 Å². The van der Waals surface area contributed by atoms with Crippen LogP contribution in [0.1, 0.15) is 12.0 Å². The zero-order valence-corrected chi connectivity index (χ0v) is 11.7. The molecule has 1 aromatic carbocycles. The van der Waals surface area contributed by atoms with Gasteiger partial charge < -0.3 is 15.4 Å². The molecular formula is C13H19BrN2O. The summed E-state index contributed by atoms with van der Waals surface area (Å²) in [6, 6.07) is 6.42. The van der Waals surface area contributed by atoms with Crippen LogP contribution in [0.25, 0.3) is 0 Å². The van der Waals surface area contributed by atoms with Crippen LogP contribution in [0, 0.1) is 0 Å². The van der Waals surface area contributed by atoms with E-state index in [-0.39, 0.29) is 0 Å². The highest BCUT2D eigenvalue weighted by atomic mass is 79.9. The largest absolute Gasteiger partial charge is 0.380 e. The Kier molecular flexibility index (Phi) is 4.42. The molecule has 3 nitrogen and oxygen atoms in total. The Balaban J connectivity index is 2.21. The standard InChI is InChI=1S/C13H19BrN2O/c1-17-12-5-7-16(9-12)13-8-11(14)3-2-10(13)4-6-15/h2-3,8,12H,4-7,9,15H2,1H3. The van der Waals surface area contributed by atoms with E-state index in [1.54, 1.807) is 7.11 Å². The molecule has 17 heavy (non-hydrogen) atoms. The summed E-state index contributed by atoms with van der Waals surface area (Å²) in [7, 11) is 1.79. The summed E-state index contributed by atoms with van der Waals surface area (Å²) in [6.45, 7) is 2.73. The zero-order valence-electron chi connectivity index (χ0n) is 10.2. The number of methoxy groups -OCH3 is 1. The smallest absolute Gasteiger partial charge is 0.0762 e. The Morgan fingerprint density at radius 3 is 3.00 bits per heavy atom. The molecule has 1 unspecified atom stereocenters. The Labute approximate surface area is 111 Å². The van der Waals surface area contributed by atoms with E-state index in [2.05, 4.69) is 39.0 Å². The second kappa shape index (κ2) is 5.85. The van der Waals surface area contributed by atoms with E-state index in [1.807, 2.05) is 0 Å². The molecule has 1 aromatic rings. The predicted octanol–water partition coefficient (Wildman–Crippen LogP) is 2.18. The van der Waals surface area contributed by atoms with Gasteiger partial charge in [-0.2, -0.15) is 0 Å². The van der Waals surface area contributed by atoms with Gasteiger partial charge in [0.15, 0.2) is 0 Å². The molecule has 2 N–H and O–H groups in total. The van der Waals surface area contributed by atoms with E-state index >= 15 is 0 Å². The van der Waals surface area contributed by atoms with Crippen molar-refractivity contribution in [3.63, 3.8) is 0 Å². The molecule has 0 saturated carbocycles. The van der Waals surface area contributed by atoms with Crippen molar-refractivity contribution in [2.75, 3.05) is 31.6 Å². The molecule has 1 aliphatic rings. The number of hydrogen-bond donors (Lipinski definition) is 1. The molecule has 0 amide bonds. The summed E-state index contributed by atoms with van der Waals surface area (Å²) in [4.78, 5) is 2.39.